The molecule has 0 unspecified atom stereocenters. The molecule has 2 aromatic rings. The van der Waals surface area contributed by atoms with Crippen molar-refractivity contribution >= 4 is 11.0 Å². The Labute approximate surface area is 63.7 Å². The van der Waals surface area contributed by atoms with Crippen LogP contribution in [0.2, 0.25) is 0 Å². The Balaban J connectivity index is 2.92. The molecule has 0 saturated heterocycles. The second kappa shape index (κ2) is 1.99. The number of fused-ring (bicyclic) bond motifs is 1. The summed E-state index contributed by atoms with van der Waals surface area (Å²) < 4.78 is 0. The lowest BCUT2D eigenvalue weighted by atomic mass is 10.3. The fraction of sp³-hybridized carbons (Fsp3) is 0.125. The summed E-state index contributed by atoms with van der Waals surface area (Å²) in [5.41, 5.74) is 2.52. The summed E-state index contributed by atoms with van der Waals surface area (Å²) in [6.07, 6.45) is 1.71. The molecule has 56 valence electrons. The molecule has 2 rings (SSSR count). The number of rotatable bonds is 0. The van der Waals surface area contributed by atoms with Crippen molar-refractivity contribution in [3.05, 3.63) is 23.9 Å². The van der Waals surface area contributed by atoms with Gasteiger partial charge in [-0.2, -0.15) is 0 Å². The summed E-state index contributed by atoms with van der Waals surface area (Å²) >= 11 is 0. The van der Waals surface area contributed by atoms with E-state index in [0.29, 0.717) is 0 Å². The summed E-state index contributed by atoms with van der Waals surface area (Å²) in [5.74, 6) is 0.207. The topological polar surface area (TPSA) is 48.9 Å². The van der Waals surface area contributed by atoms with E-state index in [1.807, 2.05) is 19.1 Å². The van der Waals surface area contributed by atoms with Crippen LogP contribution in [0.5, 0.6) is 5.88 Å². The van der Waals surface area contributed by atoms with Crippen LogP contribution in [0.1, 0.15) is 5.56 Å². The third-order valence-electron chi connectivity index (χ3n) is 1.77. The molecule has 0 aliphatic carbocycles. The van der Waals surface area contributed by atoms with Gasteiger partial charge in [-0.25, -0.2) is 0 Å². The number of nitrogens with one attached hydrogen (secondary N) is 1. The first-order valence-electron chi connectivity index (χ1n) is 3.41. The second-order valence-electron chi connectivity index (χ2n) is 2.50. The lowest BCUT2D eigenvalue weighted by Crippen LogP contribution is -1.72. The molecule has 0 bridgehead atoms. The van der Waals surface area contributed by atoms with E-state index in [-0.39, 0.29) is 5.88 Å². The Morgan fingerprint density at radius 1 is 1.55 bits per heavy atom. The van der Waals surface area contributed by atoms with Crippen LogP contribution < -0.4 is 0 Å². The van der Waals surface area contributed by atoms with Crippen molar-refractivity contribution in [1.29, 1.82) is 0 Å². The van der Waals surface area contributed by atoms with Crippen LogP contribution in [-0.2, 0) is 0 Å². The SMILES string of the molecule is Cc1c(O)[nH]c2cccnc12. The van der Waals surface area contributed by atoms with Crippen LogP contribution in [-0.4, -0.2) is 15.1 Å². The smallest absolute Gasteiger partial charge is 0.193 e. The quantitative estimate of drug-likeness (QED) is 0.595. The van der Waals surface area contributed by atoms with Crippen LogP contribution in [0.4, 0.5) is 0 Å². The number of nitrogens with zero attached hydrogens (tertiary/aromatic N) is 1. The molecule has 0 aliphatic heterocycles. The van der Waals surface area contributed by atoms with Gasteiger partial charge in [0.15, 0.2) is 5.88 Å². The average molecular weight is 148 g/mol. The molecular weight excluding hydrogens is 140 g/mol. The fourth-order valence-electron chi connectivity index (χ4n) is 1.14. The van der Waals surface area contributed by atoms with E-state index >= 15 is 0 Å². The van der Waals surface area contributed by atoms with E-state index in [1.54, 1.807) is 6.20 Å². The molecule has 2 heterocycles. The molecule has 0 atom stereocenters. The van der Waals surface area contributed by atoms with Crippen LogP contribution in [0.15, 0.2) is 18.3 Å². The van der Waals surface area contributed by atoms with Gasteiger partial charge < -0.3 is 10.1 Å². The first-order valence-corrected chi connectivity index (χ1v) is 3.41. The summed E-state index contributed by atoms with van der Waals surface area (Å²) in [4.78, 5) is 6.93. The maximum atomic E-state index is 9.25. The first kappa shape index (κ1) is 6.22. The predicted molar refractivity (Wildman–Crippen MR) is 42.5 cm³/mol. The zero-order chi connectivity index (χ0) is 7.84. The molecular formula is C8H8N2O. The van der Waals surface area contributed by atoms with Crippen molar-refractivity contribution in [2.75, 3.05) is 0 Å². The van der Waals surface area contributed by atoms with Gasteiger partial charge in [0, 0.05) is 11.8 Å². The van der Waals surface area contributed by atoms with Gasteiger partial charge in [-0.1, -0.05) is 0 Å². The largest absolute Gasteiger partial charge is 0.494 e. The highest BCUT2D eigenvalue weighted by molar-refractivity contribution is 5.80. The number of aromatic nitrogens is 2. The van der Waals surface area contributed by atoms with E-state index in [4.69, 9.17) is 0 Å². The molecule has 0 aromatic carbocycles. The molecule has 0 aliphatic rings. The Kier molecular flexibility index (Phi) is 1.12. The Morgan fingerprint density at radius 2 is 2.36 bits per heavy atom. The van der Waals surface area contributed by atoms with E-state index in [1.165, 1.54) is 0 Å². The van der Waals surface area contributed by atoms with E-state index in [2.05, 4.69) is 9.97 Å². The Hall–Kier alpha value is -1.51. The van der Waals surface area contributed by atoms with Crippen molar-refractivity contribution in [3.63, 3.8) is 0 Å². The number of aryl methyl sites for hydroxylation is 1. The van der Waals surface area contributed by atoms with Crippen LogP contribution >= 0.6 is 0 Å². The first-order chi connectivity index (χ1) is 5.29. The third-order valence-corrected chi connectivity index (χ3v) is 1.77. The standard InChI is InChI=1S/C8H8N2O/c1-5-7-6(10-8(5)11)3-2-4-9-7/h2-4,10-11H,1H3. The monoisotopic (exact) mass is 148 g/mol. The van der Waals surface area contributed by atoms with Crippen LogP contribution in [0.25, 0.3) is 11.0 Å². The minimum Gasteiger partial charge on any atom is -0.494 e. The van der Waals surface area contributed by atoms with Gasteiger partial charge in [0.2, 0.25) is 0 Å². The van der Waals surface area contributed by atoms with E-state index in [0.717, 1.165) is 16.6 Å². The van der Waals surface area contributed by atoms with Gasteiger partial charge in [0.1, 0.15) is 0 Å². The lowest BCUT2D eigenvalue weighted by molar-refractivity contribution is 0.454. The zero-order valence-corrected chi connectivity index (χ0v) is 6.13. The molecule has 3 heteroatoms. The number of hydrogen-bond acceptors (Lipinski definition) is 2. The van der Waals surface area contributed by atoms with Gasteiger partial charge in [0.05, 0.1) is 11.0 Å². The van der Waals surface area contributed by atoms with Crippen LogP contribution in [0.3, 0.4) is 0 Å². The van der Waals surface area contributed by atoms with Gasteiger partial charge in [0.25, 0.3) is 0 Å². The molecule has 0 amide bonds. The fourth-order valence-corrected chi connectivity index (χ4v) is 1.14. The Morgan fingerprint density at radius 3 is 3.09 bits per heavy atom. The number of pyridine rings is 1. The normalized spacial score (nSPS) is 10.6. The third kappa shape index (κ3) is 0.774. The van der Waals surface area contributed by atoms with E-state index in [9.17, 15) is 5.11 Å². The number of aromatic amines is 1. The van der Waals surface area contributed by atoms with Crippen molar-refractivity contribution in [3.8, 4) is 5.88 Å². The second-order valence-corrected chi connectivity index (χ2v) is 2.50. The van der Waals surface area contributed by atoms with Crippen molar-refractivity contribution in [2.45, 2.75) is 6.92 Å². The van der Waals surface area contributed by atoms with Gasteiger partial charge in [-0.3, -0.25) is 4.98 Å². The Bertz CT molecular complexity index is 392. The highest BCUT2D eigenvalue weighted by atomic mass is 16.3. The number of aromatic hydroxyl groups is 1. The number of hydrogen-bond donors (Lipinski definition) is 2. The van der Waals surface area contributed by atoms with Gasteiger partial charge in [-0.05, 0) is 19.1 Å². The molecule has 11 heavy (non-hydrogen) atoms. The highest BCUT2D eigenvalue weighted by Gasteiger charge is 2.04. The maximum absolute atomic E-state index is 9.25. The number of H-pyrrole nitrogens is 1. The minimum absolute atomic E-state index is 0.207. The maximum Gasteiger partial charge on any atom is 0.193 e. The zero-order valence-electron chi connectivity index (χ0n) is 6.13. The van der Waals surface area contributed by atoms with Gasteiger partial charge in [-0.15, -0.1) is 0 Å². The van der Waals surface area contributed by atoms with Crippen molar-refractivity contribution in [2.24, 2.45) is 0 Å². The van der Waals surface area contributed by atoms with Gasteiger partial charge >= 0.3 is 0 Å². The molecule has 0 saturated carbocycles. The summed E-state index contributed by atoms with van der Waals surface area (Å²) in [5, 5.41) is 9.25. The minimum atomic E-state index is 0.207. The average Bonchev–Trinajstić information content (AvgIpc) is 2.30. The van der Waals surface area contributed by atoms with E-state index < -0.39 is 0 Å². The molecule has 3 nitrogen and oxygen atoms in total. The summed E-state index contributed by atoms with van der Waals surface area (Å²) in [6, 6.07) is 3.72. The molecule has 2 N–H and O–H groups in total. The highest BCUT2D eigenvalue weighted by Crippen LogP contribution is 2.22. The molecule has 0 radical (unpaired) electrons. The predicted octanol–water partition coefficient (Wildman–Crippen LogP) is 1.58. The van der Waals surface area contributed by atoms with Crippen molar-refractivity contribution in [1.82, 2.24) is 9.97 Å². The van der Waals surface area contributed by atoms with Crippen molar-refractivity contribution < 1.29 is 5.11 Å². The summed E-state index contributed by atoms with van der Waals surface area (Å²) in [7, 11) is 0. The van der Waals surface area contributed by atoms with Crippen LogP contribution in [0, 0.1) is 6.92 Å². The molecule has 0 spiro atoms. The molecule has 2 aromatic heterocycles. The lowest BCUT2D eigenvalue weighted by Gasteiger charge is -1.86. The summed E-state index contributed by atoms with van der Waals surface area (Å²) in [6.45, 7) is 1.83. The molecule has 0 fully saturated rings.